The molecule has 24 heavy (non-hydrogen) atoms. The maximum Gasteiger partial charge on any atom is 0.243 e. The molecule has 2 aliphatic rings. The number of hydrogen-bond donors (Lipinski definition) is 0. The van der Waals surface area contributed by atoms with Gasteiger partial charge in [-0.1, -0.05) is 48.0 Å². The lowest BCUT2D eigenvalue weighted by molar-refractivity contribution is 0.0657. The maximum atomic E-state index is 13.0. The minimum Gasteiger partial charge on any atom is -0.368 e. The number of ether oxygens (including phenoxy) is 1. The first-order valence-corrected chi connectivity index (χ1v) is 9.62. The molecule has 0 amide bonds. The first-order chi connectivity index (χ1) is 11.4. The number of aryl methyl sites for hydroxylation is 1. The van der Waals surface area contributed by atoms with Crippen LogP contribution in [0.25, 0.3) is 0 Å². The van der Waals surface area contributed by atoms with E-state index in [0.29, 0.717) is 11.5 Å². The normalized spacial score (nSPS) is 28.8. The Kier molecular flexibility index (Phi) is 3.56. The molecule has 1 saturated heterocycles. The van der Waals surface area contributed by atoms with E-state index < -0.39 is 10.0 Å². The minimum atomic E-state index is -3.53. The molecule has 5 heteroatoms. The van der Waals surface area contributed by atoms with E-state index in [9.17, 15) is 8.42 Å². The summed E-state index contributed by atoms with van der Waals surface area (Å²) in [4.78, 5) is 0.338. The Morgan fingerprint density at radius 3 is 2.29 bits per heavy atom. The van der Waals surface area contributed by atoms with Gasteiger partial charge in [-0.25, -0.2) is 8.42 Å². The number of epoxide rings is 1. The van der Waals surface area contributed by atoms with Gasteiger partial charge in [0.15, 0.2) is 0 Å². The molecule has 2 aromatic rings. The van der Waals surface area contributed by atoms with E-state index >= 15 is 0 Å². The molecule has 0 aromatic heterocycles. The van der Waals surface area contributed by atoms with E-state index in [1.54, 1.807) is 19.2 Å². The van der Waals surface area contributed by atoms with Crippen LogP contribution in [0.1, 0.15) is 23.5 Å². The van der Waals surface area contributed by atoms with Crippen LogP contribution in [0.5, 0.6) is 0 Å². The number of hydrogen-bond acceptors (Lipinski definition) is 3. The molecular weight excluding hydrogens is 322 g/mol. The van der Waals surface area contributed by atoms with Crippen LogP contribution in [-0.2, 0) is 14.8 Å². The smallest absolute Gasteiger partial charge is 0.243 e. The lowest BCUT2D eigenvalue weighted by atomic mass is 9.66. The van der Waals surface area contributed by atoms with E-state index in [0.717, 1.165) is 12.0 Å². The molecule has 0 N–H and O–H groups in total. The highest BCUT2D eigenvalue weighted by Gasteiger charge is 2.66. The molecule has 1 aliphatic carbocycles. The first kappa shape index (κ1) is 15.8. The Labute approximate surface area is 143 Å². The zero-order valence-electron chi connectivity index (χ0n) is 13.8. The van der Waals surface area contributed by atoms with Gasteiger partial charge in [-0.3, -0.25) is 0 Å². The lowest BCUT2D eigenvalue weighted by Crippen LogP contribution is -2.58. The third-order valence-corrected chi connectivity index (χ3v) is 7.17. The van der Waals surface area contributed by atoms with Crippen LogP contribution in [-0.4, -0.2) is 38.0 Å². The van der Waals surface area contributed by atoms with Gasteiger partial charge in [0.05, 0.1) is 17.5 Å². The van der Waals surface area contributed by atoms with Gasteiger partial charge in [0.2, 0.25) is 10.0 Å². The van der Waals surface area contributed by atoms with E-state index in [1.807, 2.05) is 37.3 Å². The first-order valence-electron chi connectivity index (χ1n) is 8.18. The molecule has 0 radical (unpaired) electrons. The Balaban J connectivity index is 1.66. The summed E-state index contributed by atoms with van der Waals surface area (Å²) in [6, 6.07) is 17.0. The van der Waals surface area contributed by atoms with Crippen LogP contribution in [0, 0.1) is 6.92 Å². The van der Waals surface area contributed by atoms with E-state index in [1.165, 1.54) is 9.87 Å². The van der Waals surface area contributed by atoms with Gasteiger partial charge in [-0.2, -0.15) is 4.31 Å². The second kappa shape index (κ2) is 5.41. The maximum absolute atomic E-state index is 13.0. The summed E-state index contributed by atoms with van der Waals surface area (Å²) in [5.74, 6) is 0.180. The van der Waals surface area contributed by atoms with Crippen molar-refractivity contribution in [1.29, 1.82) is 0 Å². The van der Waals surface area contributed by atoms with Gasteiger partial charge in [0.1, 0.15) is 5.60 Å². The number of rotatable bonds is 4. The molecule has 2 fully saturated rings. The number of nitrogens with zero attached hydrogens (tertiary/aromatic N) is 1. The van der Waals surface area contributed by atoms with Gasteiger partial charge in [0.25, 0.3) is 0 Å². The van der Waals surface area contributed by atoms with Crippen LogP contribution in [0.3, 0.4) is 0 Å². The van der Waals surface area contributed by atoms with Gasteiger partial charge in [0, 0.05) is 13.0 Å². The highest BCUT2D eigenvalue weighted by atomic mass is 32.2. The molecule has 0 unspecified atom stereocenters. The van der Waals surface area contributed by atoms with Crippen LogP contribution < -0.4 is 0 Å². The number of likely N-dealkylation sites (N-methyl/N-ethyl adjacent to an activating group) is 1. The van der Waals surface area contributed by atoms with Crippen molar-refractivity contribution >= 4 is 10.0 Å². The molecular formula is C19H21NO3S. The van der Waals surface area contributed by atoms with Crippen molar-refractivity contribution in [2.24, 2.45) is 0 Å². The van der Waals surface area contributed by atoms with E-state index in [-0.39, 0.29) is 17.6 Å². The standard InChI is InChI=1S/C19H21NO3S/c1-14-8-10-16(11-9-14)24(21,22)20(2)18-17(12-19(18)13-23-19)15-6-4-3-5-7-15/h3-11,17-18H,12-13H2,1-2H3/t17-,18-,19-/m0/s1. The summed E-state index contributed by atoms with van der Waals surface area (Å²) in [5, 5.41) is 0. The predicted molar refractivity (Wildman–Crippen MR) is 92.4 cm³/mol. The van der Waals surface area contributed by atoms with Crippen LogP contribution >= 0.6 is 0 Å². The summed E-state index contributed by atoms with van der Waals surface area (Å²) < 4.78 is 33.3. The van der Waals surface area contributed by atoms with Gasteiger partial charge >= 0.3 is 0 Å². The van der Waals surface area contributed by atoms with E-state index in [2.05, 4.69) is 12.1 Å². The molecule has 4 nitrogen and oxygen atoms in total. The second-order valence-electron chi connectivity index (χ2n) is 6.85. The van der Waals surface area contributed by atoms with Crippen molar-refractivity contribution in [3.63, 3.8) is 0 Å². The molecule has 1 heterocycles. The summed E-state index contributed by atoms with van der Waals surface area (Å²) in [6.07, 6.45) is 0.884. The highest BCUT2D eigenvalue weighted by molar-refractivity contribution is 7.89. The van der Waals surface area contributed by atoms with Crippen LogP contribution in [0.2, 0.25) is 0 Å². The fraction of sp³-hybridized carbons (Fsp3) is 0.368. The van der Waals surface area contributed by atoms with Crippen LogP contribution in [0.15, 0.2) is 59.5 Å². The second-order valence-corrected chi connectivity index (χ2v) is 8.85. The minimum absolute atomic E-state index is 0.147. The largest absolute Gasteiger partial charge is 0.368 e. The van der Waals surface area contributed by atoms with Gasteiger partial charge in [-0.05, 0) is 31.0 Å². The third kappa shape index (κ3) is 2.39. The Morgan fingerprint density at radius 1 is 1.08 bits per heavy atom. The average molecular weight is 343 g/mol. The predicted octanol–water partition coefficient (Wildman–Crippen LogP) is 2.94. The van der Waals surface area contributed by atoms with E-state index in [4.69, 9.17) is 4.74 Å². The Morgan fingerprint density at radius 2 is 1.71 bits per heavy atom. The fourth-order valence-corrected chi connectivity index (χ4v) is 5.25. The number of benzene rings is 2. The molecule has 4 rings (SSSR count). The average Bonchev–Trinajstić information content (AvgIpc) is 3.36. The van der Waals surface area contributed by atoms with Crippen molar-refractivity contribution < 1.29 is 13.2 Å². The van der Waals surface area contributed by atoms with Gasteiger partial charge in [-0.15, -0.1) is 0 Å². The molecule has 1 saturated carbocycles. The summed E-state index contributed by atoms with van der Waals surface area (Å²) in [7, 11) is -1.86. The molecule has 126 valence electrons. The molecule has 3 atom stereocenters. The molecule has 1 spiro atoms. The van der Waals surface area contributed by atoms with Gasteiger partial charge < -0.3 is 4.74 Å². The number of sulfonamides is 1. The lowest BCUT2D eigenvalue weighted by Gasteiger charge is -2.47. The summed E-state index contributed by atoms with van der Waals surface area (Å²) in [6.45, 7) is 2.60. The zero-order chi connectivity index (χ0) is 16.9. The van der Waals surface area contributed by atoms with Crippen molar-refractivity contribution in [1.82, 2.24) is 4.31 Å². The fourth-order valence-electron chi connectivity index (χ4n) is 3.80. The quantitative estimate of drug-likeness (QED) is 0.802. The molecule has 0 bridgehead atoms. The summed E-state index contributed by atoms with van der Waals surface area (Å²) in [5.41, 5.74) is 1.94. The molecule has 1 aliphatic heterocycles. The van der Waals surface area contributed by atoms with Crippen molar-refractivity contribution in [2.75, 3.05) is 13.7 Å². The third-order valence-electron chi connectivity index (χ3n) is 5.32. The van der Waals surface area contributed by atoms with Crippen molar-refractivity contribution in [3.8, 4) is 0 Å². The highest BCUT2D eigenvalue weighted by Crippen LogP contribution is 2.57. The van der Waals surface area contributed by atoms with Crippen molar-refractivity contribution in [3.05, 3.63) is 65.7 Å². The monoisotopic (exact) mass is 343 g/mol. The zero-order valence-corrected chi connectivity index (χ0v) is 14.7. The summed E-state index contributed by atoms with van der Waals surface area (Å²) >= 11 is 0. The Bertz CT molecular complexity index is 842. The van der Waals surface area contributed by atoms with Crippen LogP contribution in [0.4, 0.5) is 0 Å². The SMILES string of the molecule is Cc1ccc(S(=O)(=O)N(C)[C@H]2[C@H](c3ccccc3)C[C@]23CO3)cc1. The topological polar surface area (TPSA) is 49.9 Å². The van der Waals surface area contributed by atoms with Crippen molar-refractivity contribution in [2.45, 2.75) is 35.8 Å². The Hall–Kier alpha value is -1.69. The molecule has 2 aromatic carbocycles.